The standard InChI is InChI=1S/C7H12N2O/c1-4-6(3)9-10-7(4)5(2)8/h5H,8H2,1-3H3/t5-/m0/s1. The van der Waals surface area contributed by atoms with Gasteiger partial charge >= 0.3 is 0 Å². The molecular weight excluding hydrogens is 128 g/mol. The van der Waals surface area contributed by atoms with Gasteiger partial charge in [0.2, 0.25) is 0 Å². The summed E-state index contributed by atoms with van der Waals surface area (Å²) in [4.78, 5) is 0. The van der Waals surface area contributed by atoms with Gasteiger partial charge < -0.3 is 10.3 Å². The summed E-state index contributed by atoms with van der Waals surface area (Å²) in [6.45, 7) is 5.75. The van der Waals surface area contributed by atoms with E-state index in [-0.39, 0.29) is 6.04 Å². The van der Waals surface area contributed by atoms with Gasteiger partial charge in [-0.25, -0.2) is 0 Å². The summed E-state index contributed by atoms with van der Waals surface area (Å²) < 4.78 is 4.98. The van der Waals surface area contributed by atoms with E-state index < -0.39 is 0 Å². The number of hydrogen-bond acceptors (Lipinski definition) is 3. The summed E-state index contributed by atoms with van der Waals surface area (Å²) in [5, 5.41) is 3.78. The lowest BCUT2D eigenvalue weighted by atomic mass is 10.1. The minimum absolute atomic E-state index is 0.0544. The van der Waals surface area contributed by atoms with Crippen LogP contribution < -0.4 is 5.73 Å². The zero-order valence-corrected chi connectivity index (χ0v) is 6.51. The highest BCUT2D eigenvalue weighted by Gasteiger charge is 2.11. The molecule has 0 saturated heterocycles. The fourth-order valence-corrected chi connectivity index (χ4v) is 0.858. The molecule has 0 aliphatic carbocycles. The average Bonchev–Trinajstić information content (AvgIpc) is 2.14. The Morgan fingerprint density at radius 2 is 2.10 bits per heavy atom. The Balaban J connectivity index is 3.05. The van der Waals surface area contributed by atoms with Crippen molar-refractivity contribution in [3.8, 4) is 0 Å². The van der Waals surface area contributed by atoms with Gasteiger partial charge in [0, 0.05) is 5.56 Å². The molecule has 3 heteroatoms. The smallest absolute Gasteiger partial charge is 0.156 e. The van der Waals surface area contributed by atoms with Crippen LogP contribution in [-0.2, 0) is 0 Å². The van der Waals surface area contributed by atoms with Gasteiger partial charge in [-0.05, 0) is 20.8 Å². The Hall–Kier alpha value is -0.830. The van der Waals surface area contributed by atoms with Crippen LogP contribution in [0.1, 0.15) is 30.0 Å². The lowest BCUT2D eigenvalue weighted by Gasteiger charge is -1.98. The molecule has 3 nitrogen and oxygen atoms in total. The molecule has 1 rings (SSSR count). The minimum atomic E-state index is -0.0544. The first kappa shape index (κ1) is 7.28. The first-order valence-corrected chi connectivity index (χ1v) is 3.31. The summed E-state index contributed by atoms with van der Waals surface area (Å²) in [7, 11) is 0. The molecule has 1 aromatic rings. The van der Waals surface area contributed by atoms with Crippen molar-refractivity contribution < 1.29 is 4.52 Å². The number of aromatic nitrogens is 1. The molecule has 0 bridgehead atoms. The predicted molar refractivity (Wildman–Crippen MR) is 38.6 cm³/mol. The second kappa shape index (κ2) is 2.42. The maximum atomic E-state index is 5.59. The molecule has 1 atom stereocenters. The van der Waals surface area contributed by atoms with E-state index in [4.69, 9.17) is 10.3 Å². The number of nitrogens with zero attached hydrogens (tertiary/aromatic N) is 1. The molecule has 0 aliphatic heterocycles. The summed E-state index contributed by atoms with van der Waals surface area (Å²) in [5.74, 6) is 0.789. The first-order chi connectivity index (χ1) is 4.63. The van der Waals surface area contributed by atoms with Crippen LogP contribution in [0.15, 0.2) is 4.52 Å². The summed E-state index contributed by atoms with van der Waals surface area (Å²) >= 11 is 0. The molecule has 0 unspecified atom stereocenters. The second-order valence-electron chi connectivity index (χ2n) is 2.55. The third-order valence-electron chi connectivity index (χ3n) is 1.61. The van der Waals surface area contributed by atoms with E-state index >= 15 is 0 Å². The van der Waals surface area contributed by atoms with E-state index in [9.17, 15) is 0 Å². The maximum absolute atomic E-state index is 5.59. The summed E-state index contributed by atoms with van der Waals surface area (Å²) in [6.07, 6.45) is 0. The van der Waals surface area contributed by atoms with E-state index in [1.165, 1.54) is 0 Å². The van der Waals surface area contributed by atoms with Gasteiger partial charge in [-0.1, -0.05) is 5.16 Å². The van der Waals surface area contributed by atoms with Crippen molar-refractivity contribution in [1.29, 1.82) is 0 Å². The van der Waals surface area contributed by atoms with Crippen LogP contribution in [0.25, 0.3) is 0 Å². The van der Waals surface area contributed by atoms with Crippen molar-refractivity contribution in [3.05, 3.63) is 17.0 Å². The van der Waals surface area contributed by atoms with E-state index in [0.717, 1.165) is 17.0 Å². The largest absolute Gasteiger partial charge is 0.359 e. The van der Waals surface area contributed by atoms with Crippen LogP contribution in [0.3, 0.4) is 0 Å². The molecule has 0 aromatic carbocycles. The molecule has 0 amide bonds. The van der Waals surface area contributed by atoms with Crippen molar-refractivity contribution in [3.63, 3.8) is 0 Å². The lowest BCUT2D eigenvalue weighted by molar-refractivity contribution is 0.363. The van der Waals surface area contributed by atoms with Gasteiger partial charge in [0.15, 0.2) is 5.76 Å². The molecule has 1 aromatic heterocycles. The minimum Gasteiger partial charge on any atom is -0.359 e. The quantitative estimate of drug-likeness (QED) is 0.639. The number of rotatable bonds is 1. The van der Waals surface area contributed by atoms with Crippen molar-refractivity contribution in [2.75, 3.05) is 0 Å². The van der Waals surface area contributed by atoms with Gasteiger partial charge in [0.1, 0.15) is 0 Å². The van der Waals surface area contributed by atoms with Crippen LogP contribution in [-0.4, -0.2) is 5.16 Å². The monoisotopic (exact) mass is 140 g/mol. The Morgan fingerprint density at radius 3 is 2.30 bits per heavy atom. The molecule has 0 radical (unpaired) electrons. The number of hydrogen-bond donors (Lipinski definition) is 1. The fourth-order valence-electron chi connectivity index (χ4n) is 0.858. The van der Waals surface area contributed by atoms with Gasteiger partial charge in [-0.3, -0.25) is 0 Å². The van der Waals surface area contributed by atoms with Gasteiger partial charge in [-0.15, -0.1) is 0 Å². The predicted octanol–water partition coefficient (Wildman–Crippen LogP) is 1.31. The van der Waals surface area contributed by atoms with Gasteiger partial charge in [0.05, 0.1) is 11.7 Å². The van der Waals surface area contributed by atoms with Crippen LogP contribution >= 0.6 is 0 Å². The average molecular weight is 140 g/mol. The Bertz CT molecular complexity index is 228. The second-order valence-corrected chi connectivity index (χ2v) is 2.55. The molecule has 0 fully saturated rings. The Morgan fingerprint density at radius 1 is 1.50 bits per heavy atom. The van der Waals surface area contributed by atoms with Crippen molar-refractivity contribution in [1.82, 2.24) is 5.16 Å². The maximum Gasteiger partial charge on any atom is 0.156 e. The highest BCUT2D eigenvalue weighted by molar-refractivity contribution is 5.21. The molecule has 56 valence electrons. The van der Waals surface area contributed by atoms with Crippen LogP contribution in [0.2, 0.25) is 0 Å². The highest BCUT2D eigenvalue weighted by atomic mass is 16.5. The first-order valence-electron chi connectivity index (χ1n) is 3.31. The van der Waals surface area contributed by atoms with Crippen molar-refractivity contribution >= 4 is 0 Å². The van der Waals surface area contributed by atoms with Crippen molar-refractivity contribution in [2.24, 2.45) is 5.73 Å². The van der Waals surface area contributed by atoms with Crippen LogP contribution in [0, 0.1) is 13.8 Å². The molecule has 1 heterocycles. The van der Waals surface area contributed by atoms with Gasteiger partial charge in [0.25, 0.3) is 0 Å². The topological polar surface area (TPSA) is 52.0 Å². The van der Waals surface area contributed by atoms with Crippen LogP contribution in [0.4, 0.5) is 0 Å². The summed E-state index contributed by atoms with van der Waals surface area (Å²) in [5.41, 5.74) is 7.58. The molecule has 0 saturated carbocycles. The molecular formula is C7H12N2O. The zero-order chi connectivity index (χ0) is 7.72. The van der Waals surface area contributed by atoms with E-state index in [1.807, 2.05) is 20.8 Å². The Labute approximate surface area is 60.2 Å². The Kier molecular flexibility index (Phi) is 1.76. The van der Waals surface area contributed by atoms with E-state index in [1.54, 1.807) is 0 Å². The summed E-state index contributed by atoms with van der Waals surface area (Å²) in [6, 6.07) is -0.0544. The third-order valence-corrected chi connectivity index (χ3v) is 1.61. The van der Waals surface area contributed by atoms with Gasteiger partial charge in [-0.2, -0.15) is 0 Å². The highest BCUT2D eigenvalue weighted by Crippen LogP contribution is 2.16. The van der Waals surface area contributed by atoms with E-state index in [2.05, 4.69) is 5.16 Å². The number of aryl methyl sites for hydroxylation is 1. The van der Waals surface area contributed by atoms with E-state index in [0.29, 0.717) is 0 Å². The molecule has 0 spiro atoms. The molecule has 2 N–H and O–H groups in total. The normalized spacial score (nSPS) is 13.6. The fraction of sp³-hybridized carbons (Fsp3) is 0.571. The SMILES string of the molecule is Cc1noc([C@H](C)N)c1C. The molecule has 0 aliphatic rings. The third kappa shape index (κ3) is 1.04. The number of nitrogens with two attached hydrogens (primary N) is 1. The van der Waals surface area contributed by atoms with Crippen molar-refractivity contribution in [2.45, 2.75) is 26.8 Å². The molecule has 10 heavy (non-hydrogen) atoms. The zero-order valence-electron chi connectivity index (χ0n) is 6.51. The lowest BCUT2D eigenvalue weighted by Crippen LogP contribution is -2.04. The van der Waals surface area contributed by atoms with Crippen LogP contribution in [0.5, 0.6) is 0 Å².